The first-order chi connectivity index (χ1) is 16.6. The Morgan fingerprint density at radius 3 is 2.65 bits per heavy atom. The Bertz CT molecular complexity index is 1460. The number of nitrogens with one attached hydrogen (secondary N) is 1. The summed E-state index contributed by atoms with van der Waals surface area (Å²) in [6.07, 6.45) is 3.23. The molecule has 0 aliphatic rings. The molecule has 0 atom stereocenters. The molecule has 3 aromatic heterocycles. The molecule has 0 aliphatic heterocycles. The van der Waals surface area contributed by atoms with E-state index in [2.05, 4.69) is 25.3 Å². The summed E-state index contributed by atoms with van der Waals surface area (Å²) in [7, 11) is 1.59. The quantitative estimate of drug-likeness (QED) is 0.258. The van der Waals surface area contributed by atoms with Crippen molar-refractivity contribution < 1.29 is 9.47 Å². The van der Waals surface area contributed by atoms with Crippen LogP contribution in [-0.4, -0.2) is 27.0 Å². The minimum Gasteiger partial charge on any atom is -0.493 e. The second kappa shape index (κ2) is 9.80. The van der Waals surface area contributed by atoms with E-state index in [-0.39, 0.29) is 0 Å². The Morgan fingerprint density at radius 2 is 1.85 bits per heavy atom. The van der Waals surface area contributed by atoms with Crippen molar-refractivity contribution in [1.82, 2.24) is 19.9 Å². The highest BCUT2D eigenvalue weighted by molar-refractivity contribution is 7.09. The van der Waals surface area contributed by atoms with Crippen molar-refractivity contribution in [3.63, 3.8) is 0 Å². The summed E-state index contributed by atoms with van der Waals surface area (Å²) in [4.78, 5) is 17.7. The van der Waals surface area contributed by atoms with Crippen LogP contribution in [-0.2, 0) is 6.61 Å². The SMILES string of the molecule is COc1cc2c(Nc3ccc(Cl)c(Cl)c3)ncnc2cc1OCc1nc(-c2ccccn2)cs1. The second-order valence-corrected chi connectivity index (χ2v) is 8.88. The van der Waals surface area contributed by atoms with Crippen molar-refractivity contribution in [2.24, 2.45) is 0 Å². The third kappa shape index (κ3) is 4.75. The molecular formula is C24H17Cl2N5O2S. The molecule has 170 valence electrons. The van der Waals surface area contributed by atoms with Gasteiger partial charge >= 0.3 is 0 Å². The fourth-order valence-corrected chi connectivity index (χ4v) is 4.29. The van der Waals surface area contributed by atoms with Crippen LogP contribution < -0.4 is 14.8 Å². The first-order valence-electron chi connectivity index (χ1n) is 10.1. The van der Waals surface area contributed by atoms with Gasteiger partial charge in [-0.2, -0.15) is 0 Å². The van der Waals surface area contributed by atoms with Crippen molar-refractivity contribution in [1.29, 1.82) is 0 Å². The third-order valence-electron chi connectivity index (χ3n) is 4.93. The predicted molar refractivity (Wildman–Crippen MR) is 136 cm³/mol. The Hall–Kier alpha value is -3.46. The van der Waals surface area contributed by atoms with Gasteiger partial charge in [-0.1, -0.05) is 29.3 Å². The summed E-state index contributed by atoms with van der Waals surface area (Å²) in [5.41, 5.74) is 3.09. The number of pyridine rings is 1. The first kappa shape index (κ1) is 22.3. The molecule has 3 heterocycles. The molecule has 0 radical (unpaired) electrons. The van der Waals surface area contributed by atoms with Crippen molar-refractivity contribution in [3.8, 4) is 22.9 Å². The van der Waals surface area contributed by atoms with Crippen LogP contribution in [0, 0.1) is 0 Å². The molecule has 10 heteroatoms. The lowest BCUT2D eigenvalue weighted by Crippen LogP contribution is -2.00. The molecule has 7 nitrogen and oxygen atoms in total. The molecule has 0 saturated carbocycles. The van der Waals surface area contributed by atoms with Crippen molar-refractivity contribution >= 4 is 56.9 Å². The van der Waals surface area contributed by atoms with Crippen LogP contribution >= 0.6 is 34.5 Å². The van der Waals surface area contributed by atoms with Gasteiger partial charge in [-0.05, 0) is 36.4 Å². The van der Waals surface area contributed by atoms with Crippen LogP contribution in [0.25, 0.3) is 22.3 Å². The number of rotatable bonds is 7. The molecule has 34 heavy (non-hydrogen) atoms. The summed E-state index contributed by atoms with van der Waals surface area (Å²) < 4.78 is 11.6. The number of ether oxygens (including phenoxy) is 2. The van der Waals surface area contributed by atoms with E-state index in [0.717, 1.165) is 27.5 Å². The van der Waals surface area contributed by atoms with Gasteiger partial charge in [0, 0.05) is 28.7 Å². The van der Waals surface area contributed by atoms with Crippen molar-refractivity contribution in [2.75, 3.05) is 12.4 Å². The molecule has 0 unspecified atom stereocenters. The predicted octanol–water partition coefficient (Wildman–Crippen LogP) is 6.79. The zero-order chi connectivity index (χ0) is 23.5. The number of fused-ring (bicyclic) bond motifs is 1. The Morgan fingerprint density at radius 1 is 0.941 bits per heavy atom. The minimum absolute atomic E-state index is 0.291. The average Bonchev–Trinajstić information content (AvgIpc) is 3.34. The summed E-state index contributed by atoms with van der Waals surface area (Å²) in [5, 5.41) is 7.75. The molecule has 2 aromatic carbocycles. The number of thiazole rings is 1. The Balaban J connectivity index is 1.39. The summed E-state index contributed by atoms with van der Waals surface area (Å²) in [6, 6.07) is 14.7. The fourth-order valence-electron chi connectivity index (χ4n) is 3.30. The maximum Gasteiger partial charge on any atom is 0.163 e. The van der Waals surface area contributed by atoms with Gasteiger partial charge < -0.3 is 14.8 Å². The molecular weight excluding hydrogens is 493 g/mol. The first-order valence-corrected chi connectivity index (χ1v) is 11.8. The molecule has 0 aliphatic carbocycles. The average molecular weight is 510 g/mol. The maximum absolute atomic E-state index is 6.14. The molecule has 0 amide bonds. The normalized spacial score (nSPS) is 10.9. The standard InChI is InChI=1S/C24H17Cl2N5O2S/c1-32-21-9-15-19(28-13-29-24(15)30-14-5-6-16(25)17(26)8-14)10-22(21)33-11-23-31-20(12-34-23)18-4-2-3-7-27-18/h2-10,12-13H,11H2,1H3,(H,28,29,30). The largest absolute Gasteiger partial charge is 0.493 e. The van der Waals surface area contributed by atoms with Gasteiger partial charge in [-0.25, -0.2) is 15.0 Å². The lowest BCUT2D eigenvalue weighted by atomic mass is 10.2. The molecule has 5 aromatic rings. The number of benzene rings is 2. The maximum atomic E-state index is 6.14. The Labute approximate surface area is 209 Å². The number of aromatic nitrogens is 4. The van der Waals surface area contributed by atoms with Gasteiger partial charge in [0.05, 0.1) is 34.1 Å². The smallest absolute Gasteiger partial charge is 0.163 e. The minimum atomic E-state index is 0.291. The van der Waals surface area contributed by atoms with E-state index < -0.39 is 0 Å². The molecule has 0 spiro atoms. The number of methoxy groups -OCH3 is 1. The van der Waals surface area contributed by atoms with Crippen LogP contribution in [0.1, 0.15) is 5.01 Å². The highest BCUT2D eigenvalue weighted by Gasteiger charge is 2.14. The topological polar surface area (TPSA) is 82.0 Å². The van der Waals surface area contributed by atoms with Crippen molar-refractivity contribution in [3.05, 3.63) is 81.5 Å². The number of hydrogen-bond donors (Lipinski definition) is 1. The van der Waals surface area contributed by atoms with E-state index in [1.54, 1.807) is 25.4 Å². The lowest BCUT2D eigenvalue weighted by molar-refractivity contribution is 0.284. The van der Waals surface area contributed by atoms with Crippen LogP contribution in [0.3, 0.4) is 0 Å². The zero-order valence-electron chi connectivity index (χ0n) is 17.8. The van der Waals surface area contributed by atoms with Crippen LogP contribution in [0.15, 0.2) is 66.4 Å². The van der Waals surface area contributed by atoms with E-state index in [0.29, 0.717) is 39.5 Å². The van der Waals surface area contributed by atoms with Crippen molar-refractivity contribution in [2.45, 2.75) is 6.61 Å². The van der Waals surface area contributed by atoms with E-state index in [1.807, 2.05) is 41.8 Å². The number of hydrogen-bond acceptors (Lipinski definition) is 8. The highest BCUT2D eigenvalue weighted by atomic mass is 35.5. The molecule has 0 bridgehead atoms. The number of nitrogens with zero attached hydrogens (tertiary/aromatic N) is 4. The van der Waals surface area contributed by atoms with Gasteiger partial charge in [0.15, 0.2) is 11.5 Å². The summed E-state index contributed by atoms with van der Waals surface area (Å²) in [5.74, 6) is 1.72. The molecule has 0 fully saturated rings. The monoisotopic (exact) mass is 509 g/mol. The second-order valence-electron chi connectivity index (χ2n) is 7.13. The van der Waals surface area contributed by atoms with Gasteiger partial charge in [-0.3, -0.25) is 4.98 Å². The highest BCUT2D eigenvalue weighted by Crippen LogP contribution is 2.36. The van der Waals surface area contributed by atoms with Crippen LogP contribution in [0.5, 0.6) is 11.5 Å². The van der Waals surface area contributed by atoms with E-state index in [9.17, 15) is 0 Å². The van der Waals surface area contributed by atoms with E-state index >= 15 is 0 Å². The molecule has 5 rings (SSSR count). The van der Waals surface area contributed by atoms with E-state index in [1.165, 1.54) is 17.7 Å². The number of anilines is 2. The fraction of sp³-hybridized carbons (Fsp3) is 0.0833. The van der Waals surface area contributed by atoms with Gasteiger partial charge in [-0.15, -0.1) is 11.3 Å². The summed E-state index contributed by atoms with van der Waals surface area (Å²) in [6.45, 7) is 0.291. The molecule has 1 N–H and O–H groups in total. The van der Waals surface area contributed by atoms with Gasteiger partial charge in [0.2, 0.25) is 0 Å². The molecule has 0 saturated heterocycles. The van der Waals surface area contributed by atoms with Crippen LogP contribution in [0.4, 0.5) is 11.5 Å². The Kier molecular flexibility index (Phi) is 6.44. The van der Waals surface area contributed by atoms with Gasteiger partial charge in [0.1, 0.15) is 23.8 Å². The summed E-state index contributed by atoms with van der Waals surface area (Å²) >= 11 is 13.7. The van der Waals surface area contributed by atoms with Crippen LogP contribution in [0.2, 0.25) is 10.0 Å². The van der Waals surface area contributed by atoms with E-state index in [4.69, 9.17) is 32.7 Å². The lowest BCUT2D eigenvalue weighted by Gasteiger charge is -2.13. The number of halogens is 2. The van der Waals surface area contributed by atoms with Gasteiger partial charge in [0.25, 0.3) is 0 Å². The third-order valence-corrected chi connectivity index (χ3v) is 6.49. The zero-order valence-corrected chi connectivity index (χ0v) is 20.2.